The number of aryl methyl sites for hydroxylation is 6. The van der Waals surface area contributed by atoms with Crippen molar-refractivity contribution >= 4 is 22.7 Å². The first-order valence-corrected chi connectivity index (χ1v) is 17.1. The van der Waals surface area contributed by atoms with Gasteiger partial charge < -0.3 is 0 Å². The Kier molecular flexibility index (Phi) is 13.0. The standard InChI is InChI=1S/C25H16N4O8.2C9H12/c30-26(31)21-9-1-17(2-10-21)25(18-3-11-22(12-4-18)27(32)33,19-5-13-23(14-6-19)28(34)35)20-7-15-24(16-8-20)29(36)37;2*1-7-4-8(2)6-9(3)5-7/h1-16H;2*4-6H,1-3H3. The van der Waals surface area contributed by atoms with Gasteiger partial charge in [0.25, 0.3) is 22.7 Å². The summed E-state index contributed by atoms with van der Waals surface area (Å²) in [6, 6.07) is 35.6. The average Bonchev–Trinajstić information content (AvgIpc) is 3.12. The van der Waals surface area contributed by atoms with E-state index < -0.39 is 25.1 Å². The van der Waals surface area contributed by atoms with Gasteiger partial charge in [0, 0.05) is 48.5 Å². The van der Waals surface area contributed by atoms with Crippen LogP contribution in [-0.4, -0.2) is 19.7 Å². The average molecular weight is 741 g/mol. The zero-order valence-electron chi connectivity index (χ0n) is 31.3. The molecule has 55 heavy (non-hydrogen) atoms. The molecule has 0 saturated carbocycles. The summed E-state index contributed by atoms with van der Waals surface area (Å²) in [7, 11) is 0. The van der Waals surface area contributed by atoms with E-state index in [1.807, 2.05) is 0 Å². The first kappa shape index (κ1) is 40.7. The minimum atomic E-state index is -1.30. The molecule has 0 aliphatic rings. The van der Waals surface area contributed by atoms with Gasteiger partial charge in [0.1, 0.15) is 0 Å². The molecule has 0 unspecified atom stereocenters. The molecule has 12 nitrogen and oxygen atoms in total. The Morgan fingerprint density at radius 2 is 0.455 bits per heavy atom. The largest absolute Gasteiger partial charge is 0.269 e. The van der Waals surface area contributed by atoms with Crippen LogP contribution in [0, 0.1) is 82.0 Å². The van der Waals surface area contributed by atoms with Gasteiger partial charge in [-0.1, -0.05) is 118 Å². The molecule has 0 radical (unpaired) electrons. The van der Waals surface area contributed by atoms with Gasteiger partial charge in [-0.2, -0.15) is 0 Å². The summed E-state index contributed by atoms with van der Waals surface area (Å²) in [5.74, 6) is 0. The Bertz CT molecular complexity index is 1940. The number of nitro benzene ring substituents is 4. The van der Waals surface area contributed by atoms with Crippen LogP contribution in [-0.2, 0) is 5.41 Å². The topological polar surface area (TPSA) is 173 Å². The third-order valence-corrected chi connectivity index (χ3v) is 8.78. The van der Waals surface area contributed by atoms with Gasteiger partial charge in [0.05, 0.1) is 25.1 Å². The third kappa shape index (κ3) is 10.1. The predicted molar refractivity (Wildman–Crippen MR) is 213 cm³/mol. The highest BCUT2D eigenvalue weighted by Crippen LogP contribution is 2.46. The van der Waals surface area contributed by atoms with Crippen LogP contribution in [0.2, 0.25) is 0 Å². The number of nitrogens with zero attached hydrogens (tertiary/aromatic N) is 4. The normalized spacial score (nSPS) is 10.6. The lowest BCUT2D eigenvalue weighted by atomic mass is 9.65. The number of rotatable bonds is 8. The second-order valence-corrected chi connectivity index (χ2v) is 13.3. The van der Waals surface area contributed by atoms with E-state index in [0.29, 0.717) is 22.3 Å². The molecule has 12 heteroatoms. The molecule has 0 bridgehead atoms. The lowest BCUT2D eigenvalue weighted by Gasteiger charge is -2.36. The van der Waals surface area contributed by atoms with Crippen molar-refractivity contribution < 1.29 is 19.7 Å². The van der Waals surface area contributed by atoms with Crippen LogP contribution in [0.4, 0.5) is 22.7 Å². The summed E-state index contributed by atoms with van der Waals surface area (Å²) >= 11 is 0. The highest BCUT2D eigenvalue weighted by molar-refractivity contribution is 5.62. The molecule has 0 atom stereocenters. The second kappa shape index (κ2) is 17.6. The maximum atomic E-state index is 11.3. The smallest absolute Gasteiger partial charge is 0.258 e. The summed E-state index contributed by atoms with van der Waals surface area (Å²) in [6.07, 6.45) is 0. The SMILES string of the molecule is Cc1cc(C)cc(C)c1.Cc1cc(C)cc(C)c1.O=[N+]([O-])c1ccc(C(c2ccc([N+](=O)[O-])cc2)(c2ccc([N+](=O)[O-])cc2)c2ccc([N+](=O)[O-])cc2)cc1. The Morgan fingerprint density at radius 3 is 0.582 bits per heavy atom. The van der Waals surface area contributed by atoms with Crippen LogP contribution in [0.1, 0.15) is 55.6 Å². The van der Waals surface area contributed by atoms with Crippen molar-refractivity contribution in [3.05, 3.63) is 230 Å². The lowest BCUT2D eigenvalue weighted by molar-refractivity contribution is -0.385. The molecule has 0 fully saturated rings. The van der Waals surface area contributed by atoms with Crippen LogP contribution in [0.3, 0.4) is 0 Å². The molecule has 0 N–H and O–H groups in total. The van der Waals surface area contributed by atoms with Crippen LogP contribution in [0.5, 0.6) is 0 Å². The number of benzene rings is 6. The van der Waals surface area contributed by atoms with Gasteiger partial charge in [-0.3, -0.25) is 40.5 Å². The lowest BCUT2D eigenvalue weighted by Crippen LogP contribution is -2.31. The van der Waals surface area contributed by atoms with Crippen molar-refractivity contribution in [1.82, 2.24) is 0 Å². The first-order chi connectivity index (χ1) is 26.0. The van der Waals surface area contributed by atoms with E-state index in [2.05, 4.69) is 77.9 Å². The molecule has 280 valence electrons. The summed E-state index contributed by atoms with van der Waals surface area (Å²) in [5, 5.41) is 45.2. The molecule has 0 aliphatic heterocycles. The Morgan fingerprint density at radius 1 is 0.309 bits per heavy atom. The van der Waals surface area contributed by atoms with E-state index in [9.17, 15) is 40.5 Å². The molecular formula is C43H40N4O8. The maximum absolute atomic E-state index is 11.3. The van der Waals surface area contributed by atoms with Gasteiger partial charge in [0.2, 0.25) is 0 Å². The molecule has 0 aliphatic carbocycles. The summed E-state index contributed by atoms with van der Waals surface area (Å²) < 4.78 is 0. The quantitative estimate of drug-likeness (QED) is 0.0842. The van der Waals surface area contributed by atoms with Gasteiger partial charge in [-0.15, -0.1) is 0 Å². The van der Waals surface area contributed by atoms with Crippen LogP contribution in [0.15, 0.2) is 133 Å². The van der Waals surface area contributed by atoms with E-state index in [0.717, 1.165) is 0 Å². The Hall–Kier alpha value is -7.08. The van der Waals surface area contributed by atoms with E-state index in [-0.39, 0.29) is 22.7 Å². The highest BCUT2D eigenvalue weighted by Gasteiger charge is 2.39. The minimum absolute atomic E-state index is 0.172. The summed E-state index contributed by atoms with van der Waals surface area (Å²) in [5.41, 5.74) is 8.12. The molecule has 0 heterocycles. The van der Waals surface area contributed by atoms with Crippen molar-refractivity contribution in [2.75, 3.05) is 0 Å². The molecule has 0 amide bonds. The van der Waals surface area contributed by atoms with E-state index >= 15 is 0 Å². The number of hydrogen-bond donors (Lipinski definition) is 0. The fourth-order valence-electron chi connectivity index (χ4n) is 6.74. The van der Waals surface area contributed by atoms with Crippen LogP contribution >= 0.6 is 0 Å². The van der Waals surface area contributed by atoms with Crippen LogP contribution in [0.25, 0.3) is 0 Å². The fourth-order valence-corrected chi connectivity index (χ4v) is 6.74. The Labute approximate surface area is 318 Å². The molecule has 6 aromatic rings. The first-order valence-electron chi connectivity index (χ1n) is 17.1. The zero-order valence-corrected chi connectivity index (χ0v) is 31.3. The van der Waals surface area contributed by atoms with Crippen LogP contribution < -0.4 is 0 Å². The highest BCUT2D eigenvalue weighted by atomic mass is 16.6. The van der Waals surface area contributed by atoms with E-state index in [1.165, 1.54) is 130 Å². The maximum Gasteiger partial charge on any atom is 0.269 e. The summed E-state index contributed by atoms with van der Waals surface area (Å²) in [6.45, 7) is 12.8. The molecule has 0 aromatic heterocycles. The van der Waals surface area contributed by atoms with E-state index in [1.54, 1.807) is 0 Å². The molecule has 6 aromatic carbocycles. The van der Waals surface area contributed by atoms with Gasteiger partial charge >= 0.3 is 0 Å². The Balaban J connectivity index is 0.000000303. The number of nitro groups is 4. The zero-order chi connectivity index (χ0) is 40.4. The predicted octanol–water partition coefficient (Wildman–Crippen LogP) is 10.9. The number of hydrogen-bond acceptors (Lipinski definition) is 8. The minimum Gasteiger partial charge on any atom is -0.258 e. The van der Waals surface area contributed by atoms with Crippen molar-refractivity contribution in [2.24, 2.45) is 0 Å². The van der Waals surface area contributed by atoms with Crippen molar-refractivity contribution in [3.63, 3.8) is 0 Å². The van der Waals surface area contributed by atoms with Gasteiger partial charge in [0.15, 0.2) is 0 Å². The van der Waals surface area contributed by atoms with Crippen molar-refractivity contribution in [3.8, 4) is 0 Å². The monoisotopic (exact) mass is 740 g/mol. The van der Waals surface area contributed by atoms with Crippen molar-refractivity contribution in [2.45, 2.75) is 47.0 Å². The molecule has 6 rings (SSSR count). The molecule has 0 saturated heterocycles. The third-order valence-electron chi connectivity index (χ3n) is 8.78. The van der Waals surface area contributed by atoms with E-state index in [4.69, 9.17) is 0 Å². The van der Waals surface area contributed by atoms with Crippen molar-refractivity contribution in [1.29, 1.82) is 0 Å². The number of non-ortho nitro benzene ring substituents is 4. The molecular weight excluding hydrogens is 700 g/mol. The summed E-state index contributed by atoms with van der Waals surface area (Å²) in [4.78, 5) is 42.9. The fraction of sp³-hybridized carbons (Fsp3) is 0.163. The van der Waals surface area contributed by atoms with Gasteiger partial charge in [-0.05, 0) is 63.8 Å². The van der Waals surface area contributed by atoms with Gasteiger partial charge in [-0.25, -0.2) is 0 Å². The molecule has 0 spiro atoms. The second-order valence-electron chi connectivity index (χ2n) is 13.3.